The summed E-state index contributed by atoms with van der Waals surface area (Å²) in [6.07, 6.45) is 3.01. The fourth-order valence-electron chi connectivity index (χ4n) is 1.88. The molecular weight excluding hydrogens is 250 g/mol. The van der Waals surface area contributed by atoms with Crippen molar-refractivity contribution >= 4 is 12.0 Å². The first kappa shape index (κ1) is 13.6. The predicted octanol–water partition coefficient (Wildman–Crippen LogP) is 3.41. The summed E-state index contributed by atoms with van der Waals surface area (Å²) in [4.78, 5) is 11.2. The van der Waals surface area contributed by atoms with E-state index in [1.54, 1.807) is 18.2 Å². The third-order valence-corrected chi connectivity index (χ3v) is 2.87. The van der Waals surface area contributed by atoms with Crippen molar-refractivity contribution in [2.24, 2.45) is 0 Å². The van der Waals surface area contributed by atoms with Gasteiger partial charge in [-0.15, -0.1) is 0 Å². The Kier molecular flexibility index (Phi) is 4.31. The minimum atomic E-state index is -0.425. The Hall–Kier alpha value is -2.86. The first-order valence-corrected chi connectivity index (χ1v) is 6.10. The molecule has 0 aromatic heterocycles. The van der Waals surface area contributed by atoms with Crippen molar-refractivity contribution in [3.8, 4) is 17.2 Å². The van der Waals surface area contributed by atoms with Crippen LogP contribution in [0.1, 0.15) is 11.1 Å². The number of esters is 1. The number of carbonyl (C=O) groups excluding carboxylic acids is 1. The van der Waals surface area contributed by atoms with E-state index in [4.69, 9.17) is 5.26 Å². The summed E-state index contributed by atoms with van der Waals surface area (Å²) < 4.78 is 4.58. The summed E-state index contributed by atoms with van der Waals surface area (Å²) in [6, 6.07) is 17.3. The van der Waals surface area contributed by atoms with Gasteiger partial charge in [-0.25, -0.2) is 4.79 Å². The van der Waals surface area contributed by atoms with Gasteiger partial charge in [-0.2, -0.15) is 5.26 Å². The van der Waals surface area contributed by atoms with Gasteiger partial charge in [0.25, 0.3) is 0 Å². The van der Waals surface area contributed by atoms with Gasteiger partial charge in [0.1, 0.15) is 0 Å². The van der Waals surface area contributed by atoms with E-state index in [0.717, 1.165) is 16.7 Å². The Bertz CT molecular complexity index is 682. The van der Waals surface area contributed by atoms with E-state index < -0.39 is 5.97 Å². The minimum Gasteiger partial charge on any atom is -0.466 e. The number of nitriles is 1. The zero-order valence-corrected chi connectivity index (χ0v) is 11.0. The van der Waals surface area contributed by atoms with Gasteiger partial charge >= 0.3 is 5.97 Å². The van der Waals surface area contributed by atoms with Crippen molar-refractivity contribution < 1.29 is 9.53 Å². The molecule has 2 rings (SSSR count). The number of rotatable bonds is 3. The third-order valence-electron chi connectivity index (χ3n) is 2.87. The number of methoxy groups -OCH3 is 1. The Labute approximate surface area is 117 Å². The lowest BCUT2D eigenvalue weighted by Crippen LogP contribution is -1.94. The second-order valence-corrected chi connectivity index (χ2v) is 4.14. The first-order valence-electron chi connectivity index (χ1n) is 6.10. The van der Waals surface area contributed by atoms with Crippen LogP contribution in [0.2, 0.25) is 0 Å². The molecule has 0 spiro atoms. The van der Waals surface area contributed by atoms with E-state index in [0.29, 0.717) is 5.56 Å². The van der Waals surface area contributed by atoms with Crippen LogP contribution in [0.4, 0.5) is 0 Å². The molecule has 2 aromatic rings. The van der Waals surface area contributed by atoms with E-state index in [1.807, 2.05) is 36.4 Å². The van der Waals surface area contributed by atoms with Gasteiger partial charge in [0, 0.05) is 6.08 Å². The summed E-state index contributed by atoms with van der Waals surface area (Å²) in [5, 5.41) is 8.98. The zero-order valence-electron chi connectivity index (χ0n) is 11.0. The summed E-state index contributed by atoms with van der Waals surface area (Å²) in [7, 11) is 1.33. The highest BCUT2D eigenvalue weighted by atomic mass is 16.5. The molecule has 0 fully saturated rings. The first-order chi connectivity index (χ1) is 9.74. The van der Waals surface area contributed by atoms with Crippen molar-refractivity contribution in [3.05, 3.63) is 65.7 Å². The normalized spacial score (nSPS) is 10.2. The van der Waals surface area contributed by atoms with E-state index in [-0.39, 0.29) is 0 Å². The van der Waals surface area contributed by atoms with Gasteiger partial charge in [0.05, 0.1) is 18.7 Å². The summed E-state index contributed by atoms with van der Waals surface area (Å²) in [5.41, 5.74) is 3.35. The molecular formula is C17H13NO2. The molecule has 98 valence electrons. The standard InChI is InChI=1S/C17H13NO2/c1-20-17(19)10-8-15-11-13(12-18)7-9-16(15)14-5-3-2-4-6-14/h2-11H,1H3/b10-8+. The van der Waals surface area contributed by atoms with Gasteiger partial charge in [-0.3, -0.25) is 0 Å². The molecule has 0 aliphatic rings. The Morgan fingerprint density at radius 2 is 1.95 bits per heavy atom. The molecule has 0 aliphatic carbocycles. The molecule has 0 atom stereocenters. The van der Waals surface area contributed by atoms with Gasteiger partial charge < -0.3 is 4.74 Å². The molecule has 0 amide bonds. The van der Waals surface area contributed by atoms with Crippen LogP contribution in [0, 0.1) is 11.3 Å². The smallest absolute Gasteiger partial charge is 0.330 e. The Balaban J connectivity index is 2.49. The maximum absolute atomic E-state index is 11.2. The second kappa shape index (κ2) is 6.35. The summed E-state index contributed by atoms with van der Waals surface area (Å²) >= 11 is 0. The average molecular weight is 263 g/mol. The van der Waals surface area contributed by atoms with Gasteiger partial charge in [-0.1, -0.05) is 36.4 Å². The Morgan fingerprint density at radius 1 is 1.20 bits per heavy atom. The molecule has 0 aliphatic heterocycles. The minimum absolute atomic E-state index is 0.425. The zero-order chi connectivity index (χ0) is 14.4. The van der Waals surface area contributed by atoms with Gasteiger partial charge in [0.2, 0.25) is 0 Å². The lowest BCUT2D eigenvalue weighted by Gasteiger charge is -2.07. The molecule has 0 bridgehead atoms. The van der Waals surface area contributed by atoms with E-state index >= 15 is 0 Å². The summed E-state index contributed by atoms with van der Waals surface area (Å²) in [6.45, 7) is 0. The number of hydrogen-bond acceptors (Lipinski definition) is 3. The highest BCUT2D eigenvalue weighted by Gasteiger charge is 2.04. The lowest BCUT2D eigenvalue weighted by molar-refractivity contribution is -0.134. The van der Waals surface area contributed by atoms with E-state index in [2.05, 4.69) is 10.8 Å². The number of benzene rings is 2. The molecule has 0 saturated carbocycles. The molecule has 3 heteroatoms. The highest BCUT2D eigenvalue weighted by Crippen LogP contribution is 2.25. The SMILES string of the molecule is COC(=O)/C=C/c1cc(C#N)ccc1-c1ccccc1. The topological polar surface area (TPSA) is 50.1 Å². The fourth-order valence-corrected chi connectivity index (χ4v) is 1.88. The maximum atomic E-state index is 11.2. The third kappa shape index (κ3) is 3.12. The van der Waals surface area contributed by atoms with Crippen LogP contribution in [0.3, 0.4) is 0 Å². The lowest BCUT2D eigenvalue weighted by atomic mass is 9.97. The van der Waals surface area contributed by atoms with E-state index in [9.17, 15) is 4.79 Å². The van der Waals surface area contributed by atoms with Crippen molar-refractivity contribution in [2.45, 2.75) is 0 Å². The van der Waals surface area contributed by atoms with Crippen molar-refractivity contribution in [1.29, 1.82) is 5.26 Å². The largest absolute Gasteiger partial charge is 0.466 e. The molecule has 3 nitrogen and oxygen atoms in total. The number of hydrogen-bond donors (Lipinski definition) is 0. The van der Waals surface area contributed by atoms with Crippen molar-refractivity contribution in [1.82, 2.24) is 0 Å². The predicted molar refractivity (Wildman–Crippen MR) is 77.6 cm³/mol. The number of nitrogens with zero attached hydrogens (tertiary/aromatic N) is 1. The number of carbonyl (C=O) groups is 1. The number of ether oxygens (including phenoxy) is 1. The van der Waals surface area contributed by atoms with Crippen molar-refractivity contribution in [2.75, 3.05) is 7.11 Å². The molecule has 0 N–H and O–H groups in total. The Morgan fingerprint density at radius 3 is 2.60 bits per heavy atom. The van der Waals surface area contributed by atoms with Crippen LogP contribution in [-0.2, 0) is 9.53 Å². The van der Waals surface area contributed by atoms with Crippen LogP contribution >= 0.6 is 0 Å². The molecule has 0 saturated heterocycles. The van der Waals surface area contributed by atoms with Crippen LogP contribution in [0.15, 0.2) is 54.6 Å². The molecule has 0 radical (unpaired) electrons. The van der Waals surface area contributed by atoms with Crippen LogP contribution in [0.25, 0.3) is 17.2 Å². The monoisotopic (exact) mass is 263 g/mol. The average Bonchev–Trinajstić information content (AvgIpc) is 2.53. The van der Waals surface area contributed by atoms with Crippen LogP contribution in [0.5, 0.6) is 0 Å². The fraction of sp³-hybridized carbons (Fsp3) is 0.0588. The quantitative estimate of drug-likeness (QED) is 0.629. The van der Waals surface area contributed by atoms with Gasteiger partial charge in [-0.05, 0) is 34.9 Å². The molecule has 0 heterocycles. The van der Waals surface area contributed by atoms with Crippen LogP contribution in [-0.4, -0.2) is 13.1 Å². The molecule has 20 heavy (non-hydrogen) atoms. The second-order valence-electron chi connectivity index (χ2n) is 4.14. The van der Waals surface area contributed by atoms with Gasteiger partial charge in [0.15, 0.2) is 0 Å². The van der Waals surface area contributed by atoms with E-state index in [1.165, 1.54) is 13.2 Å². The molecule has 0 unspecified atom stereocenters. The van der Waals surface area contributed by atoms with Crippen LogP contribution < -0.4 is 0 Å². The molecule has 2 aromatic carbocycles. The maximum Gasteiger partial charge on any atom is 0.330 e. The van der Waals surface area contributed by atoms with Crippen molar-refractivity contribution in [3.63, 3.8) is 0 Å². The highest BCUT2D eigenvalue weighted by molar-refractivity contribution is 5.89. The summed E-state index contributed by atoms with van der Waals surface area (Å²) in [5.74, 6) is -0.425.